The highest BCUT2D eigenvalue weighted by atomic mass is 32.2. The summed E-state index contributed by atoms with van der Waals surface area (Å²) in [5.41, 5.74) is 2.00. The highest BCUT2D eigenvalue weighted by molar-refractivity contribution is 7.99. The second-order valence-electron chi connectivity index (χ2n) is 7.75. The van der Waals surface area contributed by atoms with E-state index in [1.54, 1.807) is 29.9 Å². The Kier molecular flexibility index (Phi) is 6.01. The average Bonchev–Trinajstić information content (AvgIpc) is 3.37. The Morgan fingerprint density at radius 1 is 1.25 bits per heavy atom. The average molecular weight is 403 g/mol. The summed E-state index contributed by atoms with van der Waals surface area (Å²) in [6.45, 7) is 3.00. The van der Waals surface area contributed by atoms with Crippen molar-refractivity contribution in [2.45, 2.75) is 25.3 Å². The Labute approximate surface area is 169 Å². The first-order chi connectivity index (χ1) is 13.6. The van der Waals surface area contributed by atoms with Crippen LogP contribution in [0.4, 0.5) is 4.39 Å². The molecule has 0 bridgehead atoms. The molecule has 5 nitrogen and oxygen atoms in total. The van der Waals surface area contributed by atoms with E-state index < -0.39 is 0 Å². The second-order valence-corrected chi connectivity index (χ2v) is 8.90. The van der Waals surface area contributed by atoms with Crippen LogP contribution in [0.25, 0.3) is 11.3 Å². The quantitative estimate of drug-likeness (QED) is 0.835. The van der Waals surface area contributed by atoms with Crippen molar-refractivity contribution in [2.24, 2.45) is 13.0 Å². The molecule has 2 fully saturated rings. The Hall–Kier alpha value is -1.86. The fourth-order valence-electron chi connectivity index (χ4n) is 4.10. The highest BCUT2D eigenvalue weighted by Crippen LogP contribution is 2.26. The van der Waals surface area contributed by atoms with Gasteiger partial charge >= 0.3 is 0 Å². The van der Waals surface area contributed by atoms with Crippen LogP contribution in [0.3, 0.4) is 0 Å². The van der Waals surface area contributed by atoms with Gasteiger partial charge in [-0.1, -0.05) is 0 Å². The number of nitrogens with zero attached hydrogens (tertiary/aromatic N) is 3. The molecule has 2 aliphatic heterocycles. The molecule has 1 atom stereocenters. The smallest absolute Gasteiger partial charge is 0.269 e. The van der Waals surface area contributed by atoms with Gasteiger partial charge in [-0.2, -0.15) is 16.9 Å². The molecule has 1 aromatic carbocycles. The Morgan fingerprint density at radius 2 is 2.00 bits per heavy atom. The van der Waals surface area contributed by atoms with Gasteiger partial charge in [0.15, 0.2) is 0 Å². The zero-order chi connectivity index (χ0) is 19.5. The molecule has 0 radical (unpaired) electrons. The number of aromatic nitrogens is 2. The molecule has 28 heavy (non-hydrogen) atoms. The summed E-state index contributed by atoms with van der Waals surface area (Å²) in [6.07, 6.45) is 3.62. The van der Waals surface area contributed by atoms with Crippen molar-refractivity contribution in [1.29, 1.82) is 0 Å². The van der Waals surface area contributed by atoms with Crippen LogP contribution in [-0.4, -0.2) is 57.8 Å². The molecule has 3 heterocycles. The van der Waals surface area contributed by atoms with Gasteiger partial charge < -0.3 is 5.32 Å². The Balaban J connectivity index is 1.30. The van der Waals surface area contributed by atoms with E-state index in [1.807, 2.05) is 0 Å². The van der Waals surface area contributed by atoms with Crippen LogP contribution >= 0.6 is 11.8 Å². The number of aryl methyl sites for hydroxylation is 1. The topological polar surface area (TPSA) is 50.2 Å². The number of likely N-dealkylation sites (tertiary alicyclic amines) is 1. The number of carbonyl (C=O) groups is 1. The summed E-state index contributed by atoms with van der Waals surface area (Å²) in [6, 6.07) is 8.69. The zero-order valence-electron chi connectivity index (χ0n) is 16.2. The summed E-state index contributed by atoms with van der Waals surface area (Å²) >= 11 is 2.07. The second kappa shape index (κ2) is 8.66. The molecular formula is C21H27FN4OS. The number of amides is 1. The molecule has 2 saturated heterocycles. The largest absolute Gasteiger partial charge is 0.350 e. The van der Waals surface area contributed by atoms with E-state index in [2.05, 4.69) is 27.1 Å². The molecule has 7 heteroatoms. The van der Waals surface area contributed by atoms with Crippen molar-refractivity contribution < 1.29 is 9.18 Å². The van der Waals surface area contributed by atoms with Gasteiger partial charge in [-0.3, -0.25) is 14.4 Å². The Morgan fingerprint density at radius 3 is 2.68 bits per heavy atom. The first-order valence-electron chi connectivity index (χ1n) is 10.00. The lowest BCUT2D eigenvalue weighted by Gasteiger charge is -2.35. The van der Waals surface area contributed by atoms with E-state index in [9.17, 15) is 9.18 Å². The molecule has 1 N–H and O–H groups in total. The minimum atomic E-state index is -0.282. The SMILES string of the molecule is Cn1nc(-c2ccc(F)cc2)cc1C(=O)NCC1CCN([C@@H]2CCSC2)CC1. The number of hydrogen-bond acceptors (Lipinski definition) is 4. The normalized spacial score (nSPS) is 21.1. The first-order valence-corrected chi connectivity index (χ1v) is 11.2. The fraction of sp³-hybridized carbons (Fsp3) is 0.524. The van der Waals surface area contributed by atoms with Gasteiger partial charge in [-0.25, -0.2) is 4.39 Å². The van der Waals surface area contributed by atoms with Crippen LogP contribution in [0.1, 0.15) is 29.8 Å². The number of thioether (sulfide) groups is 1. The highest BCUT2D eigenvalue weighted by Gasteiger charge is 2.27. The lowest BCUT2D eigenvalue weighted by atomic mass is 9.95. The van der Waals surface area contributed by atoms with Gasteiger partial charge in [0.05, 0.1) is 5.69 Å². The molecule has 0 saturated carbocycles. The maximum atomic E-state index is 13.1. The third-order valence-electron chi connectivity index (χ3n) is 5.87. The summed E-state index contributed by atoms with van der Waals surface area (Å²) in [5.74, 6) is 2.73. The van der Waals surface area contributed by atoms with Crippen molar-refractivity contribution in [2.75, 3.05) is 31.1 Å². The third-order valence-corrected chi connectivity index (χ3v) is 7.02. The Bertz CT molecular complexity index is 808. The van der Waals surface area contributed by atoms with Crippen LogP contribution in [0.2, 0.25) is 0 Å². The molecule has 1 aromatic heterocycles. The monoisotopic (exact) mass is 402 g/mol. The molecular weight excluding hydrogens is 375 g/mol. The van der Waals surface area contributed by atoms with Crippen LogP contribution in [-0.2, 0) is 7.05 Å². The molecule has 2 aliphatic rings. The standard InChI is InChI=1S/C21H27FN4OS/c1-25-20(12-19(24-25)16-2-4-17(22)5-3-16)21(27)23-13-15-6-9-26(10-7-15)18-8-11-28-14-18/h2-5,12,15,18H,6-11,13-14H2,1H3,(H,23,27)/t18-/m1/s1. The summed E-state index contributed by atoms with van der Waals surface area (Å²) < 4.78 is 14.7. The molecule has 0 aliphatic carbocycles. The summed E-state index contributed by atoms with van der Waals surface area (Å²) in [5, 5.41) is 7.49. The van der Waals surface area contributed by atoms with Gasteiger partial charge in [0.1, 0.15) is 11.5 Å². The molecule has 2 aromatic rings. The van der Waals surface area contributed by atoms with Crippen LogP contribution in [0.15, 0.2) is 30.3 Å². The van der Waals surface area contributed by atoms with E-state index >= 15 is 0 Å². The van der Waals surface area contributed by atoms with Gasteiger partial charge in [0.25, 0.3) is 5.91 Å². The summed E-state index contributed by atoms with van der Waals surface area (Å²) in [4.78, 5) is 15.3. The van der Waals surface area contributed by atoms with E-state index in [0.29, 0.717) is 23.9 Å². The lowest BCUT2D eigenvalue weighted by molar-refractivity contribution is 0.0919. The van der Waals surface area contributed by atoms with Crippen LogP contribution < -0.4 is 5.32 Å². The van der Waals surface area contributed by atoms with Crippen molar-refractivity contribution in [3.8, 4) is 11.3 Å². The number of nitrogens with one attached hydrogen (secondary N) is 1. The van der Waals surface area contributed by atoms with E-state index in [0.717, 1.165) is 37.5 Å². The van der Waals surface area contributed by atoms with Crippen molar-refractivity contribution >= 4 is 17.7 Å². The molecule has 0 unspecified atom stereocenters. The van der Waals surface area contributed by atoms with Crippen LogP contribution in [0.5, 0.6) is 0 Å². The van der Waals surface area contributed by atoms with Crippen molar-refractivity contribution in [3.05, 3.63) is 41.8 Å². The number of hydrogen-bond donors (Lipinski definition) is 1. The van der Waals surface area contributed by atoms with Gasteiger partial charge in [-0.05, 0) is 74.4 Å². The number of rotatable bonds is 5. The number of benzene rings is 1. The number of carbonyl (C=O) groups excluding carboxylic acids is 1. The predicted octanol–water partition coefficient (Wildman–Crippen LogP) is 3.17. The van der Waals surface area contributed by atoms with E-state index in [4.69, 9.17) is 0 Å². The minimum Gasteiger partial charge on any atom is -0.350 e. The fourth-order valence-corrected chi connectivity index (χ4v) is 5.36. The van der Waals surface area contributed by atoms with Crippen molar-refractivity contribution in [1.82, 2.24) is 20.0 Å². The van der Waals surface area contributed by atoms with Gasteiger partial charge in [0, 0.05) is 31.0 Å². The predicted molar refractivity (Wildman–Crippen MR) is 111 cm³/mol. The van der Waals surface area contributed by atoms with E-state index in [-0.39, 0.29) is 11.7 Å². The molecule has 4 rings (SSSR count). The van der Waals surface area contributed by atoms with Gasteiger partial charge in [-0.15, -0.1) is 0 Å². The lowest BCUT2D eigenvalue weighted by Crippen LogP contribution is -2.43. The number of piperidine rings is 1. The molecule has 0 spiro atoms. The van der Waals surface area contributed by atoms with E-state index in [1.165, 1.54) is 30.1 Å². The van der Waals surface area contributed by atoms with Gasteiger partial charge in [0.2, 0.25) is 0 Å². The molecule has 1 amide bonds. The zero-order valence-corrected chi connectivity index (χ0v) is 17.1. The van der Waals surface area contributed by atoms with Crippen molar-refractivity contribution in [3.63, 3.8) is 0 Å². The molecule has 150 valence electrons. The maximum Gasteiger partial charge on any atom is 0.269 e. The summed E-state index contributed by atoms with van der Waals surface area (Å²) in [7, 11) is 1.76. The van der Waals surface area contributed by atoms with Crippen LogP contribution in [0, 0.1) is 11.7 Å². The third kappa shape index (κ3) is 4.41. The number of halogens is 1. The first kappa shape index (κ1) is 19.5. The minimum absolute atomic E-state index is 0.0991. The maximum absolute atomic E-state index is 13.1.